The smallest absolute Gasteiger partial charge is 0.410 e. The molecule has 0 radical (unpaired) electrons. The van der Waals surface area contributed by atoms with Gasteiger partial charge in [0.05, 0.1) is 0 Å². The molecule has 0 aromatic carbocycles. The molecule has 3 amide bonds. The van der Waals surface area contributed by atoms with Crippen molar-refractivity contribution in [1.29, 1.82) is 0 Å². The number of nitrogens with zero attached hydrogens (tertiary/aromatic N) is 4. The number of amides is 3. The van der Waals surface area contributed by atoms with E-state index in [2.05, 4.69) is 15.5 Å². The standard InChI is InChI=1S/C18H20N6O7S2/c19-17-20-9(7-33-17)10(22-30)13(25)21-11-14(26)24-12(16(27)28)8(6-32-15(11)24)5-31-18(29)23-3-1-2-4-23/h7,11,15,30H,1-6H2,(H2,19,20)(H,21,25)(H,27,28)/b22-10-/t11?,15-/m1/s1. The zero-order valence-corrected chi connectivity index (χ0v) is 18.7. The third-order valence-corrected chi connectivity index (χ3v) is 7.36. The molecule has 0 saturated carbocycles. The number of hydrogen-bond acceptors (Lipinski definition) is 11. The largest absolute Gasteiger partial charge is 0.477 e. The first-order valence-corrected chi connectivity index (χ1v) is 11.8. The zero-order valence-electron chi connectivity index (χ0n) is 17.1. The highest BCUT2D eigenvalue weighted by atomic mass is 32.2. The van der Waals surface area contributed by atoms with Crippen LogP contribution in [0.25, 0.3) is 0 Å². The maximum atomic E-state index is 12.7. The Morgan fingerprint density at radius 3 is 2.67 bits per heavy atom. The van der Waals surface area contributed by atoms with E-state index in [1.807, 2.05) is 0 Å². The number of ether oxygens (including phenoxy) is 1. The van der Waals surface area contributed by atoms with Crippen molar-refractivity contribution in [3.05, 3.63) is 22.3 Å². The van der Waals surface area contributed by atoms with Crippen molar-refractivity contribution in [3.8, 4) is 0 Å². The van der Waals surface area contributed by atoms with Crippen LogP contribution in [-0.2, 0) is 19.1 Å². The van der Waals surface area contributed by atoms with Gasteiger partial charge in [-0.2, -0.15) is 0 Å². The Bertz CT molecular complexity index is 1060. The number of aromatic nitrogens is 1. The number of fused-ring (bicyclic) bond motifs is 1. The highest BCUT2D eigenvalue weighted by molar-refractivity contribution is 8.00. The first-order chi connectivity index (χ1) is 15.8. The Morgan fingerprint density at radius 1 is 1.33 bits per heavy atom. The molecule has 176 valence electrons. The summed E-state index contributed by atoms with van der Waals surface area (Å²) in [4.78, 5) is 55.8. The average Bonchev–Trinajstić information content (AvgIpc) is 3.47. The molecule has 4 rings (SSSR count). The fraction of sp³-hybridized carbons (Fsp3) is 0.444. The summed E-state index contributed by atoms with van der Waals surface area (Å²) in [5.41, 5.74) is 5.20. The van der Waals surface area contributed by atoms with Gasteiger partial charge in [-0.05, 0) is 12.8 Å². The van der Waals surface area contributed by atoms with Crippen LogP contribution in [0.1, 0.15) is 18.5 Å². The Morgan fingerprint density at radius 2 is 2.06 bits per heavy atom. The number of anilines is 1. The van der Waals surface area contributed by atoms with Crippen molar-refractivity contribution < 1.29 is 34.2 Å². The van der Waals surface area contributed by atoms with Crippen LogP contribution < -0.4 is 11.1 Å². The van der Waals surface area contributed by atoms with Gasteiger partial charge in [0.2, 0.25) is 0 Å². The molecular formula is C18H20N6O7S2. The molecule has 2 saturated heterocycles. The molecule has 0 bridgehead atoms. The van der Waals surface area contributed by atoms with Crippen molar-refractivity contribution in [2.45, 2.75) is 24.3 Å². The number of hydrogen-bond donors (Lipinski definition) is 4. The van der Waals surface area contributed by atoms with Crippen LogP contribution in [0.15, 0.2) is 21.8 Å². The molecule has 15 heteroatoms. The van der Waals surface area contributed by atoms with Crippen molar-refractivity contribution in [2.75, 3.05) is 31.2 Å². The molecule has 0 spiro atoms. The molecule has 3 aliphatic heterocycles. The molecule has 0 aliphatic carbocycles. The van der Waals surface area contributed by atoms with Crippen molar-refractivity contribution >= 4 is 57.8 Å². The van der Waals surface area contributed by atoms with E-state index >= 15 is 0 Å². The third-order valence-electron chi connectivity index (χ3n) is 5.35. The number of aliphatic carboxylic acids is 1. The second kappa shape index (κ2) is 9.27. The Balaban J connectivity index is 1.44. The van der Waals surface area contributed by atoms with Gasteiger partial charge in [-0.25, -0.2) is 14.6 Å². The van der Waals surface area contributed by atoms with Crippen LogP contribution in [0.4, 0.5) is 9.93 Å². The number of carboxylic acids is 1. The predicted octanol–water partition coefficient (Wildman–Crippen LogP) is -0.125. The fourth-order valence-corrected chi connectivity index (χ4v) is 5.63. The minimum atomic E-state index is -1.33. The molecule has 13 nitrogen and oxygen atoms in total. The minimum Gasteiger partial charge on any atom is -0.477 e. The third kappa shape index (κ3) is 4.32. The van der Waals surface area contributed by atoms with E-state index in [9.17, 15) is 29.5 Å². The summed E-state index contributed by atoms with van der Waals surface area (Å²) in [6, 6.07) is -1.03. The summed E-state index contributed by atoms with van der Waals surface area (Å²) >= 11 is 2.27. The second-order valence-electron chi connectivity index (χ2n) is 7.39. The van der Waals surface area contributed by atoms with E-state index < -0.39 is 41.0 Å². The van der Waals surface area contributed by atoms with E-state index in [1.165, 1.54) is 17.1 Å². The number of thiazole rings is 1. The monoisotopic (exact) mass is 496 g/mol. The molecule has 33 heavy (non-hydrogen) atoms. The number of carboxylic acid groups (broad SMARTS) is 1. The number of oxime groups is 1. The first kappa shape index (κ1) is 22.8. The molecule has 2 atom stereocenters. The minimum absolute atomic E-state index is 0.0469. The lowest BCUT2D eigenvalue weighted by atomic mass is 10.0. The van der Waals surface area contributed by atoms with Crippen molar-refractivity contribution in [3.63, 3.8) is 0 Å². The highest BCUT2D eigenvalue weighted by Crippen LogP contribution is 2.40. The lowest BCUT2D eigenvalue weighted by Gasteiger charge is -2.49. The summed E-state index contributed by atoms with van der Waals surface area (Å²) in [5.74, 6) is -2.63. The topological polar surface area (TPSA) is 188 Å². The number of likely N-dealkylation sites (tertiary alicyclic amines) is 1. The number of nitrogen functional groups attached to an aromatic ring is 1. The SMILES string of the molecule is Nc1nc(/C(=N/O)C(=O)NC2C(=O)N3C(C(=O)O)=C(COC(=O)N4CCCC4)CS[C@H]23)cs1. The van der Waals surface area contributed by atoms with E-state index in [4.69, 9.17) is 10.5 Å². The normalized spacial score (nSPS) is 22.7. The molecule has 1 aromatic rings. The van der Waals surface area contributed by atoms with Crippen molar-refractivity contribution in [2.24, 2.45) is 5.16 Å². The van der Waals surface area contributed by atoms with Gasteiger partial charge in [0.1, 0.15) is 29.4 Å². The van der Waals surface area contributed by atoms with Crippen LogP contribution in [0.2, 0.25) is 0 Å². The maximum Gasteiger partial charge on any atom is 0.410 e. The van der Waals surface area contributed by atoms with Crippen LogP contribution >= 0.6 is 23.1 Å². The number of carbonyl (C=O) groups is 4. The molecule has 5 N–H and O–H groups in total. The summed E-state index contributed by atoms with van der Waals surface area (Å²) < 4.78 is 5.26. The van der Waals surface area contributed by atoms with E-state index in [1.54, 1.807) is 4.90 Å². The summed E-state index contributed by atoms with van der Waals surface area (Å²) in [7, 11) is 0. The molecular weight excluding hydrogens is 476 g/mol. The Labute approximate surface area is 195 Å². The van der Waals surface area contributed by atoms with Crippen LogP contribution in [-0.4, -0.2) is 91.6 Å². The second-order valence-corrected chi connectivity index (χ2v) is 9.38. The Kier molecular flexibility index (Phi) is 6.42. The number of thioether (sulfide) groups is 1. The lowest BCUT2D eigenvalue weighted by Crippen LogP contribution is -2.71. The van der Waals surface area contributed by atoms with Crippen molar-refractivity contribution in [1.82, 2.24) is 20.1 Å². The number of rotatable bonds is 6. The molecule has 1 unspecified atom stereocenters. The summed E-state index contributed by atoms with van der Waals surface area (Å²) in [6.07, 6.45) is 1.27. The van der Waals surface area contributed by atoms with Gasteiger partial charge < -0.3 is 31.0 Å². The number of nitrogens with two attached hydrogens (primary N) is 1. The van der Waals surface area contributed by atoms with Gasteiger partial charge in [-0.1, -0.05) is 5.16 Å². The van der Waals surface area contributed by atoms with E-state index in [0.29, 0.717) is 18.7 Å². The van der Waals surface area contributed by atoms with Crippen LogP contribution in [0.5, 0.6) is 0 Å². The Hall–Kier alpha value is -3.33. The van der Waals surface area contributed by atoms with E-state index in [0.717, 1.165) is 29.1 Å². The fourth-order valence-electron chi connectivity index (χ4n) is 3.75. The molecule has 2 fully saturated rings. The quantitative estimate of drug-likeness (QED) is 0.179. The predicted molar refractivity (Wildman–Crippen MR) is 117 cm³/mol. The highest BCUT2D eigenvalue weighted by Gasteiger charge is 2.54. The molecule has 3 aliphatic rings. The van der Waals surface area contributed by atoms with Gasteiger partial charge in [0, 0.05) is 29.8 Å². The average molecular weight is 497 g/mol. The van der Waals surface area contributed by atoms with Gasteiger partial charge in [0.15, 0.2) is 10.8 Å². The van der Waals surface area contributed by atoms with E-state index in [-0.39, 0.29) is 28.9 Å². The summed E-state index contributed by atoms with van der Waals surface area (Å²) in [5, 5.41) is 25.2. The zero-order chi connectivity index (χ0) is 23.7. The lowest BCUT2D eigenvalue weighted by molar-refractivity contribution is -0.150. The number of nitrogens with one attached hydrogen (secondary N) is 1. The van der Waals surface area contributed by atoms with Crippen LogP contribution in [0.3, 0.4) is 0 Å². The molecule has 4 heterocycles. The number of β-lactam (4-membered cyclic amide) rings is 1. The maximum absolute atomic E-state index is 12.7. The van der Waals surface area contributed by atoms with Gasteiger partial charge in [0.25, 0.3) is 11.8 Å². The number of carbonyl (C=O) groups excluding carboxylic acids is 3. The first-order valence-electron chi connectivity index (χ1n) is 9.87. The van der Waals surface area contributed by atoms with Gasteiger partial charge in [-0.15, -0.1) is 23.1 Å². The van der Waals surface area contributed by atoms with Crippen LogP contribution in [0, 0.1) is 0 Å². The van der Waals surface area contributed by atoms with Gasteiger partial charge in [-0.3, -0.25) is 14.5 Å². The van der Waals surface area contributed by atoms with Gasteiger partial charge >= 0.3 is 12.1 Å². The molecule has 1 aromatic heterocycles. The summed E-state index contributed by atoms with van der Waals surface area (Å²) in [6.45, 7) is 0.947.